The number of para-hydroxylation sites is 1. The van der Waals surface area contributed by atoms with E-state index in [1.165, 1.54) is 35.1 Å². The van der Waals surface area contributed by atoms with E-state index in [0.29, 0.717) is 21.5 Å². The molecular formula is C24H28N4O4S2. The number of hydrogen-bond donors (Lipinski definition) is 1. The predicted molar refractivity (Wildman–Crippen MR) is 133 cm³/mol. The lowest BCUT2D eigenvalue weighted by Crippen LogP contribution is -2.16. The molecule has 1 N–H and O–H groups in total. The Hall–Kier alpha value is -2.85. The zero-order chi connectivity index (χ0) is 24.1. The van der Waals surface area contributed by atoms with E-state index < -0.39 is 5.97 Å². The molecule has 0 bridgehead atoms. The molecule has 2 heterocycles. The van der Waals surface area contributed by atoms with Gasteiger partial charge < -0.3 is 19.4 Å². The minimum atomic E-state index is -0.394. The van der Waals surface area contributed by atoms with Crippen molar-refractivity contribution in [2.24, 2.45) is 7.05 Å². The first-order valence-corrected chi connectivity index (χ1v) is 13.0. The number of nitrogens with one attached hydrogen (secondary N) is 1. The average molecular weight is 501 g/mol. The summed E-state index contributed by atoms with van der Waals surface area (Å²) in [4.78, 5) is 26.4. The molecule has 1 aromatic carbocycles. The molecule has 1 amide bonds. The van der Waals surface area contributed by atoms with Crippen molar-refractivity contribution in [1.82, 2.24) is 14.8 Å². The zero-order valence-electron chi connectivity index (χ0n) is 19.6. The molecule has 0 spiro atoms. The molecule has 1 aliphatic rings. The average Bonchev–Trinajstić information content (AvgIpc) is 3.26. The Labute approximate surface area is 207 Å². The van der Waals surface area contributed by atoms with Crippen LogP contribution in [0, 0.1) is 6.92 Å². The van der Waals surface area contributed by atoms with Crippen molar-refractivity contribution >= 4 is 40.0 Å². The van der Waals surface area contributed by atoms with E-state index >= 15 is 0 Å². The Morgan fingerprint density at radius 3 is 2.76 bits per heavy atom. The molecule has 8 nitrogen and oxygen atoms in total. The molecule has 4 rings (SSSR count). The molecule has 0 saturated heterocycles. The number of carbonyl (C=O) groups excluding carboxylic acids is 2. The van der Waals surface area contributed by atoms with Crippen LogP contribution in [0.2, 0.25) is 0 Å². The van der Waals surface area contributed by atoms with Crippen LogP contribution in [0.4, 0.5) is 5.00 Å². The van der Waals surface area contributed by atoms with Gasteiger partial charge in [-0.25, -0.2) is 4.79 Å². The maximum atomic E-state index is 12.7. The molecular weight excluding hydrogens is 472 g/mol. The van der Waals surface area contributed by atoms with Gasteiger partial charge in [-0.15, -0.1) is 21.5 Å². The fourth-order valence-electron chi connectivity index (χ4n) is 3.90. The number of carbonyl (C=O) groups is 2. The number of rotatable bonds is 8. The number of esters is 1. The predicted octanol–water partition coefficient (Wildman–Crippen LogP) is 4.55. The van der Waals surface area contributed by atoms with Crippen LogP contribution in [0.15, 0.2) is 29.4 Å². The Morgan fingerprint density at radius 1 is 1.18 bits per heavy atom. The number of amides is 1. The third-order valence-electron chi connectivity index (χ3n) is 5.77. The highest BCUT2D eigenvalue weighted by Crippen LogP contribution is 2.38. The van der Waals surface area contributed by atoms with Gasteiger partial charge in [0.1, 0.15) is 17.4 Å². The second kappa shape index (κ2) is 11.1. The van der Waals surface area contributed by atoms with Crippen molar-refractivity contribution < 1.29 is 19.1 Å². The zero-order valence-corrected chi connectivity index (χ0v) is 21.2. The van der Waals surface area contributed by atoms with Crippen molar-refractivity contribution in [3.8, 4) is 5.75 Å². The number of fused-ring (bicyclic) bond motifs is 1. The Kier molecular flexibility index (Phi) is 7.89. The lowest BCUT2D eigenvalue weighted by atomic mass is 10.1. The summed E-state index contributed by atoms with van der Waals surface area (Å²) < 4.78 is 12.7. The molecule has 10 heteroatoms. The second-order valence-corrected chi connectivity index (χ2v) is 10.2. The highest BCUT2D eigenvalue weighted by Gasteiger charge is 2.26. The smallest absolute Gasteiger partial charge is 0.341 e. The quantitative estimate of drug-likeness (QED) is 0.275. The summed E-state index contributed by atoms with van der Waals surface area (Å²) in [6, 6.07) is 7.79. The summed E-state index contributed by atoms with van der Waals surface area (Å²) in [6.07, 6.45) is 5.06. The molecule has 3 aromatic rings. The van der Waals surface area contributed by atoms with Gasteiger partial charge in [0.15, 0.2) is 11.0 Å². The van der Waals surface area contributed by atoms with Crippen molar-refractivity contribution in [3.05, 3.63) is 51.7 Å². The van der Waals surface area contributed by atoms with E-state index in [1.54, 1.807) is 0 Å². The minimum absolute atomic E-state index is 0.147. The van der Waals surface area contributed by atoms with E-state index in [9.17, 15) is 9.59 Å². The Balaban J connectivity index is 1.38. The summed E-state index contributed by atoms with van der Waals surface area (Å²) in [5.74, 6) is 1.02. The van der Waals surface area contributed by atoms with Crippen molar-refractivity contribution in [2.75, 3.05) is 18.2 Å². The number of aryl methyl sites for hydroxylation is 2. The third kappa shape index (κ3) is 5.44. The lowest BCUT2D eigenvalue weighted by molar-refractivity contribution is -0.113. The molecule has 1 aliphatic carbocycles. The summed E-state index contributed by atoms with van der Waals surface area (Å²) in [5.41, 5.74) is 2.59. The van der Waals surface area contributed by atoms with Crippen LogP contribution in [0.25, 0.3) is 0 Å². The number of thiophene rings is 1. The van der Waals surface area contributed by atoms with Crippen LogP contribution in [0.5, 0.6) is 5.75 Å². The minimum Gasteiger partial charge on any atom is -0.485 e. The fraction of sp³-hybridized carbons (Fsp3) is 0.417. The first-order valence-electron chi connectivity index (χ1n) is 11.2. The first-order chi connectivity index (χ1) is 16.5. The number of aromatic nitrogens is 3. The molecule has 34 heavy (non-hydrogen) atoms. The van der Waals surface area contributed by atoms with Gasteiger partial charge in [-0.1, -0.05) is 36.4 Å². The largest absolute Gasteiger partial charge is 0.485 e. The fourth-order valence-corrected chi connectivity index (χ4v) is 5.92. The summed E-state index contributed by atoms with van der Waals surface area (Å²) in [6.45, 7) is 2.27. The Bertz CT molecular complexity index is 1190. The number of ether oxygens (including phenoxy) is 2. The summed E-state index contributed by atoms with van der Waals surface area (Å²) >= 11 is 2.78. The topological polar surface area (TPSA) is 95.3 Å². The van der Waals surface area contributed by atoms with Crippen LogP contribution in [-0.4, -0.2) is 39.5 Å². The summed E-state index contributed by atoms with van der Waals surface area (Å²) in [7, 11) is 3.22. The van der Waals surface area contributed by atoms with Gasteiger partial charge >= 0.3 is 5.97 Å². The van der Waals surface area contributed by atoms with Gasteiger partial charge in [0.25, 0.3) is 0 Å². The van der Waals surface area contributed by atoms with Crippen LogP contribution in [0.1, 0.15) is 51.4 Å². The van der Waals surface area contributed by atoms with E-state index in [1.807, 2.05) is 42.8 Å². The number of hydrogen-bond acceptors (Lipinski definition) is 8. The molecule has 0 radical (unpaired) electrons. The molecule has 0 saturated carbocycles. The number of thioether (sulfide) groups is 1. The van der Waals surface area contributed by atoms with Crippen molar-refractivity contribution in [2.45, 2.75) is 50.8 Å². The highest BCUT2D eigenvalue weighted by atomic mass is 32.2. The number of nitrogens with zero attached hydrogens (tertiary/aromatic N) is 3. The molecule has 0 aliphatic heterocycles. The SMILES string of the molecule is COC(=O)c1c(NC(=O)CSc2nnc(COc3ccccc3C)n2C)sc2c1CCCCC2. The van der Waals surface area contributed by atoms with Gasteiger partial charge in [0, 0.05) is 11.9 Å². The number of methoxy groups -OCH3 is 1. The highest BCUT2D eigenvalue weighted by molar-refractivity contribution is 7.99. The molecule has 2 aromatic heterocycles. The van der Waals surface area contributed by atoms with Gasteiger partial charge in [0.05, 0.1) is 18.4 Å². The van der Waals surface area contributed by atoms with Gasteiger partial charge in [-0.05, 0) is 49.8 Å². The molecule has 180 valence electrons. The first kappa shape index (κ1) is 24.3. The van der Waals surface area contributed by atoms with Crippen LogP contribution >= 0.6 is 23.1 Å². The summed E-state index contributed by atoms with van der Waals surface area (Å²) in [5, 5.41) is 12.5. The third-order valence-corrected chi connectivity index (χ3v) is 8.00. The van der Waals surface area contributed by atoms with Crippen LogP contribution in [-0.2, 0) is 36.0 Å². The van der Waals surface area contributed by atoms with Crippen molar-refractivity contribution in [3.63, 3.8) is 0 Å². The molecule has 0 fully saturated rings. The Morgan fingerprint density at radius 2 is 1.97 bits per heavy atom. The van der Waals surface area contributed by atoms with E-state index in [0.717, 1.165) is 49.0 Å². The lowest BCUT2D eigenvalue weighted by Gasteiger charge is -2.09. The maximum Gasteiger partial charge on any atom is 0.341 e. The van der Waals surface area contributed by atoms with E-state index in [2.05, 4.69) is 15.5 Å². The second-order valence-electron chi connectivity index (χ2n) is 8.11. The normalized spacial score (nSPS) is 13.1. The molecule has 0 atom stereocenters. The standard InChI is InChI=1S/C24H28N4O4S2/c1-15-9-7-8-11-17(15)32-13-19-26-27-24(28(19)2)33-14-20(29)25-22-21(23(30)31-3)16-10-5-4-6-12-18(16)34-22/h7-9,11H,4-6,10,12-14H2,1-3H3,(H,25,29). The van der Waals surface area contributed by atoms with Crippen LogP contribution in [0.3, 0.4) is 0 Å². The number of benzene rings is 1. The van der Waals surface area contributed by atoms with E-state index in [4.69, 9.17) is 9.47 Å². The van der Waals surface area contributed by atoms with Crippen LogP contribution < -0.4 is 10.1 Å². The number of anilines is 1. The maximum absolute atomic E-state index is 12.7. The van der Waals surface area contributed by atoms with Gasteiger partial charge in [-0.2, -0.15) is 0 Å². The van der Waals surface area contributed by atoms with Crippen molar-refractivity contribution in [1.29, 1.82) is 0 Å². The molecule has 0 unspecified atom stereocenters. The monoisotopic (exact) mass is 500 g/mol. The van der Waals surface area contributed by atoms with Gasteiger partial charge in [-0.3, -0.25) is 4.79 Å². The van der Waals surface area contributed by atoms with E-state index in [-0.39, 0.29) is 18.3 Å². The van der Waals surface area contributed by atoms with Gasteiger partial charge in [0.2, 0.25) is 5.91 Å².